The summed E-state index contributed by atoms with van der Waals surface area (Å²) in [5.74, 6) is -0.832. The minimum absolute atomic E-state index is 0.00888. The quantitative estimate of drug-likeness (QED) is 0.767. The van der Waals surface area contributed by atoms with Crippen molar-refractivity contribution in [2.45, 2.75) is 26.8 Å². The Bertz CT molecular complexity index is 486. The summed E-state index contributed by atoms with van der Waals surface area (Å²) in [5, 5.41) is 12.2. The van der Waals surface area contributed by atoms with Crippen molar-refractivity contribution in [2.24, 2.45) is 11.3 Å². The van der Waals surface area contributed by atoms with Crippen molar-refractivity contribution in [1.29, 1.82) is 0 Å². The van der Waals surface area contributed by atoms with Gasteiger partial charge in [0, 0.05) is 19.3 Å². The molecule has 2 amide bonds. The second kappa shape index (κ2) is 5.52. The Morgan fingerprint density at radius 2 is 2.35 bits per heavy atom. The number of carbonyl (C=O) groups excluding carboxylic acids is 1. The van der Waals surface area contributed by atoms with Crippen LogP contribution in [0.4, 0.5) is 4.79 Å². The van der Waals surface area contributed by atoms with Crippen molar-refractivity contribution in [1.82, 2.24) is 20.2 Å². The fourth-order valence-electron chi connectivity index (χ4n) is 2.56. The van der Waals surface area contributed by atoms with Gasteiger partial charge in [-0.05, 0) is 12.3 Å². The Morgan fingerprint density at radius 3 is 2.85 bits per heavy atom. The van der Waals surface area contributed by atoms with E-state index in [1.54, 1.807) is 17.4 Å². The van der Waals surface area contributed by atoms with Crippen molar-refractivity contribution in [3.05, 3.63) is 18.2 Å². The third-order valence-electron chi connectivity index (χ3n) is 4.10. The molecular formula is C13H20N4O3. The summed E-state index contributed by atoms with van der Waals surface area (Å²) in [5.41, 5.74) is -0.0170. The van der Waals surface area contributed by atoms with Gasteiger partial charge in [0.2, 0.25) is 0 Å². The van der Waals surface area contributed by atoms with E-state index < -0.39 is 11.4 Å². The number of amides is 2. The Labute approximate surface area is 117 Å². The molecule has 7 heteroatoms. The van der Waals surface area contributed by atoms with E-state index in [0.717, 1.165) is 5.69 Å². The molecule has 0 spiro atoms. The molecule has 2 heterocycles. The summed E-state index contributed by atoms with van der Waals surface area (Å²) in [6.07, 6.45) is 3.68. The van der Waals surface area contributed by atoms with E-state index in [1.165, 1.54) is 0 Å². The molecule has 1 atom stereocenters. The highest BCUT2D eigenvalue weighted by atomic mass is 16.4. The first-order chi connectivity index (χ1) is 9.45. The van der Waals surface area contributed by atoms with E-state index in [4.69, 9.17) is 0 Å². The molecule has 1 aliphatic rings. The van der Waals surface area contributed by atoms with Crippen LogP contribution in [0.2, 0.25) is 0 Å². The van der Waals surface area contributed by atoms with Crippen LogP contribution in [0.1, 0.15) is 26.0 Å². The molecule has 0 aromatic carbocycles. The number of nitrogens with one attached hydrogen (secondary N) is 2. The first-order valence-electron chi connectivity index (χ1n) is 6.69. The fraction of sp³-hybridized carbons (Fsp3) is 0.615. The molecule has 0 bridgehead atoms. The van der Waals surface area contributed by atoms with Gasteiger partial charge in [-0.25, -0.2) is 9.78 Å². The van der Waals surface area contributed by atoms with E-state index >= 15 is 0 Å². The second-order valence-corrected chi connectivity index (χ2v) is 5.52. The maximum Gasteiger partial charge on any atom is 0.317 e. The number of imidazole rings is 1. The zero-order valence-electron chi connectivity index (χ0n) is 11.7. The highest BCUT2D eigenvalue weighted by Crippen LogP contribution is 2.38. The van der Waals surface area contributed by atoms with Crippen LogP contribution in [0.5, 0.6) is 0 Å². The molecular weight excluding hydrogens is 260 g/mol. The minimum Gasteiger partial charge on any atom is -0.481 e. The van der Waals surface area contributed by atoms with Gasteiger partial charge in [0.05, 0.1) is 24.0 Å². The van der Waals surface area contributed by atoms with Gasteiger partial charge >= 0.3 is 12.0 Å². The van der Waals surface area contributed by atoms with Gasteiger partial charge in [0.1, 0.15) is 0 Å². The predicted octanol–water partition coefficient (Wildman–Crippen LogP) is 1.05. The molecule has 0 saturated carbocycles. The van der Waals surface area contributed by atoms with Gasteiger partial charge < -0.3 is 20.3 Å². The Morgan fingerprint density at radius 1 is 1.60 bits per heavy atom. The van der Waals surface area contributed by atoms with Crippen LogP contribution in [0.15, 0.2) is 12.5 Å². The lowest BCUT2D eigenvalue weighted by Crippen LogP contribution is -2.43. The molecule has 1 aromatic heterocycles. The monoisotopic (exact) mass is 280 g/mol. The van der Waals surface area contributed by atoms with Gasteiger partial charge in [-0.1, -0.05) is 13.8 Å². The first-order valence-corrected chi connectivity index (χ1v) is 6.69. The molecule has 7 nitrogen and oxygen atoms in total. The van der Waals surface area contributed by atoms with Gasteiger partial charge in [0.15, 0.2) is 0 Å². The van der Waals surface area contributed by atoms with Gasteiger partial charge in [-0.2, -0.15) is 0 Å². The molecule has 20 heavy (non-hydrogen) atoms. The van der Waals surface area contributed by atoms with E-state index in [9.17, 15) is 14.7 Å². The summed E-state index contributed by atoms with van der Waals surface area (Å²) in [4.78, 5) is 31.9. The summed E-state index contributed by atoms with van der Waals surface area (Å²) in [7, 11) is 0. The topological polar surface area (TPSA) is 98.3 Å². The first kappa shape index (κ1) is 14.4. The van der Waals surface area contributed by atoms with Crippen LogP contribution in [0.25, 0.3) is 0 Å². The number of carboxylic acid groups (broad SMARTS) is 1. The predicted molar refractivity (Wildman–Crippen MR) is 71.9 cm³/mol. The Kier molecular flexibility index (Phi) is 3.96. The molecule has 2 rings (SSSR count). The lowest BCUT2D eigenvalue weighted by Gasteiger charge is -2.28. The van der Waals surface area contributed by atoms with Crippen LogP contribution >= 0.6 is 0 Å². The number of hydrogen-bond donors (Lipinski definition) is 3. The average Bonchev–Trinajstić information content (AvgIpc) is 3.05. The number of carboxylic acids is 1. The smallest absolute Gasteiger partial charge is 0.317 e. The van der Waals surface area contributed by atoms with E-state index in [-0.39, 0.29) is 18.5 Å². The van der Waals surface area contributed by atoms with Crippen LogP contribution < -0.4 is 5.32 Å². The molecule has 1 fully saturated rings. The fourth-order valence-corrected chi connectivity index (χ4v) is 2.56. The van der Waals surface area contributed by atoms with Crippen molar-refractivity contribution >= 4 is 12.0 Å². The van der Waals surface area contributed by atoms with Gasteiger partial charge in [0.25, 0.3) is 0 Å². The number of hydrogen-bond acceptors (Lipinski definition) is 3. The highest BCUT2D eigenvalue weighted by molar-refractivity contribution is 5.80. The molecule has 3 N–H and O–H groups in total. The zero-order chi connectivity index (χ0) is 14.8. The number of carbonyl (C=O) groups is 2. The summed E-state index contributed by atoms with van der Waals surface area (Å²) >= 11 is 0. The number of nitrogens with zero attached hydrogens (tertiary/aromatic N) is 2. The average molecular weight is 280 g/mol. The molecule has 110 valence electrons. The summed E-state index contributed by atoms with van der Waals surface area (Å²) in [6.45, 7) is 4.87. The molecule has 1 aliphatic heterocycles. The number of aromatic amines is 1. The normalized spacial score (nSPS) is 22.2. The molecule has 1 unspecified atom stereocenters. The standard InChI is InChI=1S/C13H20N4O3/c1-9(2)13(11(18)19)3-4-17(7-13)12(20)15-6-10-5-14-8-16-10/h5,8-9H,3-4,6-7H2,1-2H3,(H,14,16)(H,15,20)(H,18,19). The number of rotatable bonds is 4. The van der Waals surface area contributed by atoms with E-state index in [0.29, 0.717) is 19.5 Å². The Hall–Kier alpha value is -2.05. The third-order valence-corrected chi connectivity index (χ3v) is 4.10. The highest BCUT2D eigenvalue weighted by Gasteiger charge is 2.48. The van der Waals surface area contributed by atoms with Gasteiger partial charge in [-0.3, -0.25) is 4.79 Å². The summed E-state index contributed by atoms with van der Waals surface area (Å²) in [6, 6.07) is -0.233. The number of likely N-dealkylation sites (tertiary alicyclic amines) is 1. The van der Waals surface area contributed by atoms with Crippen LogP contribution in [0.3, 0.4) is 0 Å². The van der Waals surface area contributed by atoms with Crippen LogP contribution in [0, 0.1) is 11.3 Å². The molecule has 1 saturated heterocycles. The van der Waals surface area contributed by atoms with Crippen LogP contribution in [-0.2, 0) is 11.3 Å². The van der Waals surface area contributed by atoms with Crippen LogP contribution in [-0.4, -0.2) is 45.1 Å². The van der Waals surface area contributed by atoms with Crippen molar-refractivity contribution in [3.8, 4) is 0 Å². The lowest BCUT2D eigenvalue weighted by molar-refractivity contribution is -0.150. The van der Waals surface area contributed by atoms with E-state index in [2.05, 4.69) is 15.3 Å². The molecule has 1 aromatic rings. The minimum atomic E-state index is -0.828. The maximum absolute atomic E-state index is 12.1. The third kappa shape index (κ3) is 2.61. The SMILES string of the molecule is CC(C)C1(C(=O)O)CCN(C(=O)NCc2cnc[nH]2)C1. The van der Waals surface area contributed by atoms with Gasteiger partial charge in [-0.15, -0.1) is 0 Å². The summed E-state index contributed by atoms with van der Waals surface area (Å²) < 4.78 is 0. The van der Waals surface area contributed by atoms with E-state index in [1.807, 2.05) is 13.8 Å². The molecule has 0 aliphatic carbocycles. The maximum atomic E-state index is 12.1. The van der Waals surface area contributed by atoms with Crippen molar-refractivity contribution < 1.29 is 14.7 Å². The largest absolute Gasteiger partial charge is 0.481 e. The number of H-pyrrole nitrogens is 1. The second-order valence-electron chi connectivity index (χ2n) is 5.52. The van der Waals surface area contributed by atoms with Crippen molar-refractivity contribution in [3.63, 3.8) is 0 Å². The zero-order valence-corrected chi connectivity index (χ0v) is 11.7. The number of aliphatic carboxylic acids is 1. The van der Waals surface area contributed by atoms with Crippen molar-refractivity contribution in [2.75, 3.05) is 13.1 Å². The number of urea groups is 1. The number of aromatic nitrogens is 2. The molecule has 0 radical (unpaired) electrons. The lowest BCUT2D eigenvalue weighted by atomic mass is 9.76. The Balaban J connectivity index is 1.94.